The Kier molecular flexibility index (Phi) is 3.03. The topological polar surface area (TPSA) is 65.4 Å². The van der Waals surface area contributed by atoms with E-state index in [4.69, 9.17) is 5.11 Å². The number of aromatic hydroxyl groups is 1. The summed E-state index contributed by atoms with van der Waals surface area (Å²) in [5, 5.41) is 21.9. The molecule has 0 atom stereocenters. The van der Waals surface area contributed by atoms with Crippen LogP contribution in [0.15, 0.2) is 18.2 Å². The van der Waals surface area contributed by atoms with Gasteiger partial charge >= 0.3 is 0 Å². The number of aliphatic hydroxyl groups excluding tert-OH is 1. The van der Waals surface area contributed by atoms with Crippen molar-refractivity contribution in [2.24, 2.45) is 0 Å². The minimum atomic E-state index is 0.179. The summed E-state index contributed by atoms with van der Waals surface area (Å²) in [6.07, 6.45) is 0.709. The van der Waals surface area contributed by atoms with E-state index in [-0.39, 0.29) is 12.4 Å². The van der Waals surface area contributed by atoms with Gasteiger partial charge in [-0.1, -0.05) is 11.3 Å². The Labute approximate surface area is 91.2 Å². The lowest BCUT2D eigenvalue weighted by Gasteiger charge is -1.97. The fraction of sp³-hybridized carbons (Fsp3) is 0.300. The Morgan fingerprint density at radius 3 is 3.07 bits per heavy atom. The molecule has 0 amide bonds. The fourth-order valence-electron chi connectivity index (χ4n) is 1.26. The van der Waals surface area contributed by atoms with Crippen LogP contribution in [0.2, 0.25) is 0 Å². The molecule has 5 heteroatoms. The number of phenols is 1. The van der Waals surface area contributed by atoms with Gasteiger partial charge in [0, 0.05) is 13.2 Å². The molecule has 0 radical (unpaired) electrons. The predicted molar refractivity (Wildman–Crippen MR) is 61.5 cm³/mol. The van der Waals surface area contributed by atoms with Crippen molar-refractivity contribution in [3.05, 3.63) is 18.2 Å². The molecule has 80 valence electrons. The van der Waals surface area contributed by atoms with Crippen molar-refractivity contribution in [1.29, 1.82) is 0 Å². The minimum absolute atomic E-state index is 0.179. The molecule has 15 heavy (non-hydrogen) atoms. The SMILES string of the molecule is OCCCNc1nc2ccc(O)cc2s1. The summed E-state index contributed by atoms with van der Waals surface area (Å²) in [6.45, 7) is 0.890. The van der Waals surface area contributed by atoms with E-state index in [2.05, 4.69) is 10.3 Å². The first-order valence-corrected chi connectivity index (χ1v) is 5.55. The smallest absolute Gasteiger partial charge is 0.183 e. The largest absolute Gasteiger partial charge is 0.508 e. The number of phenolic OH excluding ortho intramolecular Hbond substituents is 1. The summed E-state index contributed by atoms with van der Waals surface area (Å²) in [5.74, 6) is 0.257. The van der Waals surface area contributed by atoms with Crippen LogP contribution in [0.5, 0.6) is 5.75 Å². The van der Waals surface area contributed by atoms with Crippen molar-refractivity contribution in [2.45, 2.75) is 6.42 Å². The van der Waals surface area contributed by atoms with Gasteiger partial charge in [0.1, 0.15) is 5.75 Å². The molecule has 0 spiro atoms. The second-order valence-corrected chi connectivity index (χ2v) is 4.21. The van der Waals surface area contributed by atoms with Crippen molar-refractivity contribution in [3.63, 3.8) is 0 Å². The third kappa shape index (κ3) is 2.37. The standard InChI is InChI=1S/C10H12N2O2S/c13-5-1-4-11-10-12-8-3-2-7(14)6-9(8)15-10/h2-3,6,13-14H,1,4-5H2,(H,11,12). The molecule has 0 aliphatic rings. The molecule has 0 saturated carbocycles. The van der Waals surface area contributed by atoms with Crippen molar-refractivity contribution in [3.8, 4) is 5.75 Å². The average molecular weight is 224 g/mol. The first-order valence-electron chi connectivity index (χ1n) is 4.74. The molecule has 0 unspecified atom stereocenters. The molecule has 2 rings (SSSR count). The maximum Gasteiger partial charge on any atom is 0.183 e. The van der Waals surface area contributed by atoms with Gasteiger partial charge in [-0.25, -0.2) is 4.98 Å². The molecule has 2 aromatic rings. The first-order chi connectivity index (χ1) is 7.29. The fourth-order valence-corrected chi connectivity index (χ4v) is 2.19. The third-order valence-corrected chi connectivity index (χ3v) is 2.96. The maximum atomic E-state index is 9.28. The molecule has 4 nitrogen and oxygen atoms in total. The van der Waals surface area contributed by atoms with E-state index in [1.165, 1.54) is 11.3 Å². The number of anilines is 1. The van der Waals surface area contributed by atoms with Gasteiger partial charge in [0.05, 0.1) is 10.2 Å². The highest BCUT2D eigenvalue weighted by atomic mass is 32.1. The van der Waals surface area contributed by atoms with Gasteiger partial charge < -0.3 is 15.5 Å². The molecule has 1 aromatic heterocycles. The van der Waals surface area contributed by atoms with Gasteiger partial charge in [0.15, 0.2) is 5.13 Å². The van der Waals surface area contributed by atoms with Crippen LogP contribution in [0.25, 0.3) is 10.2 Å². The number of rotatable bonds is 4. The molecular weight excluding hydrogens is 212 g/mol. The molecule has 1 aromatic carbocycles. The van der Waals surface area contributed by atoms with Gasteiger partial charge in [0.2, 0.25) is 0 Å². The van der Waals surface area contributed by atoms with E-state index in [1.807, 2.05) is 0 Å². The Morgan fingerprint density at radius 2 is 2.27 bits per heavy atom. The normalized spacial score (nSPS) is 10.7. The van der Waals surface area contributed by atoms with E-state index in [9.17, 15) is 5.11 Å². The number of fused-ring (bicyclic) bond motifs is 1. The zero-order valence-electron chi connectivity index (χ0n) is 8.10. The van der Waals surface area contributed by atoms with Crippen LogP contribution in [0, 0.1) is 0 Å². The lowest BCUT2D eigenvalue weighted by molar-refractivity contribution is 0.292. The summed E-state index contributed by atoms with van der Waals surface area (Å²) in [7, 11) is 0. The summed E-state index contributed by atoms with van der Waals surface area (Å²) in [6, 6.07) is 5.11. The molecule has 0 bridgehead atoms. The first kappa shape index (κ1) is 10.2. The van der Waals surface area contributed by atoms with Crippen molar-refractivity contribution < 1.29 is 10.2 Å². The van der Waals surface area contributed by atoms with Crippen LogP contribution >= 0.6 is 11.3 Å². The summed E-state index contributed by atoms with van der Waals surface area (Å²) < 4.78 is 0.960. The Balaban J connectivity index is 2.16. The van der Waals surface area contributed by atoms with Gasteiger partial charge in [-0.3, -0.25) is 0 Å². The summed E-state index contributed by atoms with van der Waals surface area (Å²) in [5.41, 5.74) is 0.879. The molecular formula is C10H12N2O2S. The van der Waals surface area contributed by atoms with E-state index in [0.29, 0.717) is 13.0 Å². The lowest BCUT2D eigenvalue weighted by atomic mass is 10.3. The van der Waals surface area contributed by atoms with Gasteiger partial charge in [-0.15, -0.1) is 0 Å². The number of benzene rings is 1. The number of hydrogen-bond acceptors (Lipinski definition) is 5. The second kappa shape index (κ2) is 4.46. The Bertz CT molecular complexity index is 456. The highest BCUT2D eigenvalue weighted by molar-refractivity contribution is 7.22. The molecule has 0 aliphatic carbocycles. The van der Waals surface area contributed by atoms with Crippen LogP contribution in [-0.2, 0) is 0 Å². The number of thiazole rings is 1. The number of nitrogens with one attached hydrogen (secondary N) is 1. The van der Waals surface area contributed by atoms with Crippen molar-refractivity contribution >= 4 is 26.7 Å². The molecule has 0 aliphatic heterocycles. The molecule has 3 N–H and O–H groups in total. The Morgan fingerprint density at radius 1 is 1.40 bits per heavy atom. The molecule has 1 heterocycles. The number of nitrogens with zero attached hydrogens (tertiary/aromatic N) is 1. The van der Waals surface area contributed by atoms with Crippen LogP contribution in [0.1, 0.15) is 6.42 Å². The summed E-state index contributed by atoms with van der Waals surface area (Å²) in [4.78, 5) is 4.34. The zero-order chi connectivity index (χ0) is 10.7. The van der Waals surface area contributed by atoms with E-state index in [1.54, 1.807) is 18.2 Å². The predicted octanol–water partition coefficient (Wildman–Crippen LogP) is 1.80. The molecule has 0 saturated heterocycles. The average Bonchev–Trinajstić information content (AvgIpc) is 2.60. The zero-order valence-corrected chi connectivity index (χ0v) is 8.92. The number of aromatic nitrogens is 1. The molecule has 0 fully saturated rings. The number of aliphatic hydroxyl groups is 1. The van der Waals surface area contributed by atoms with Crippen LogP contribution < -0.4 is 5.32 Å². The van der Waals surface area contributed by atoms with E-state index < -0.39 is 0 Å². The third-order valence-electron chi connectivity index (χ3n) is 1.98. The van der Waals surface area contributed by atoms with Crippen LogP contribution in [-0.4, -0.2) is 28.3 Å². The van der Waals surface area contributed by atoms with Gasteiger partial charge in [0.25, 0.3) is 0 Å². The quantitative estimate of drug-likeness (QED) is 0.693. The van der Waals surface area contributed by atoms with Gasteiger partial charge in [-0.2, -0.15) is 0 Å². The maximum absolute atomic E-state index is 9.28. The van der Waals surface area contributed by atoms with E-state index >= 15 is 0 Å². The Hall–Kier alpha value is -1.33. The van der Waals surface area contributed by atoms with Crippen LogP contribution in [0.3, 0.4) is 0 Å². The summed E-state index contributed by atoms with van der Waals surface area (Å²) >= 11 is 1.50. The van der Waals surface area contributed by atoms with Crippen molar-refractivity contribution in [1.82, 2.24) is 4.98 Å². The highest BCUT2D eigenvalue weighted by Gasteiger charge is 2.03. The monoisotopic (exact) mass is 224 g/mol. The highest BCUT2D eigenvalue weighted by Crippen LogP contribution is 2.28. The number of hydrogen-bond donors (Lipinski definition) is 3. The van der Waals surface area contributed by atoms with Crippen molar-refractivity contribution in [2.75, 3.05) is 18.5 Å². The minimum Gasteiger partial charge on any atom is -0.508 e. The van der Waals surface area contributed by atoms with E-state index in [0.717, 1.165) is 15.3 Å². The lowest BCUT2D eigenvalue weighted by Crippen LogP contribution is -2.02. The van der Waals surface area contributed by atoms with Gasteiger partial charge in [-0.05, 0) is 24.6 Å². The second-order valence-electron chi connectivity index (χ2n) is 3.17. The van der Waals surface area contributed by atoms with Crippen LogP contribution in [0.4, 0.5) is 5.13 Å².